The summed E-state index contributed by atoms with van der Waals surface area (Å²) in [6.45, 7) is 9.47. The molecule has 0 spiro atoms. The lowest BCUT2D eigenvalue weighted by molar-refractivity contribution is 0.432. The van der Waals surface area contributed by atoms with Crippen molar-refractivity contribution in [2.24, 2.45) is 11.5 Å². The molecule has 0 aliphatic rings. The fourth-order valence-electron chi connectivity index (χ4n) is 2.14. The van der Waals surface area contributed by atoms with E-state index in [1.54, 1.807) is 18.2 Å². The lowest BCUT2D eigenvalue weighted by Gasteiger charge is -2.36. The first-order chi connectivity index (χ1) is 8.96. The summed E-state index contributed by atoms with van der Waals surface area (Å²) in [7, 11) is 0. The molecule has 6 N–H and O–H groups in total. The fourth-order valence-corrected chi connectivity index (χ4v) is 2.14. The Bertz CT molecular complexity index is 473. The van der Waals surface area contributed by atoms with E-state index in [4.69, 9.17) is 17.2 Å². The van der Waals surface area contributed by atoms with Crippen LogP contribution in [0.25, 0.3) is 0 Å². The van der Waals surface area contributed by atoms with E-state index < -0.39 is 5.41 Å². The van der Waals surface area contributed by atoms with Gasteiger partial charge >= 0.3 is 0 Å². The summed E-state index contributed by atoms with van der Waals surface area (Å²) >= 11 is 0. The number of hydrogen-bond donors (Lipinski definition) is 3. The van der Waals surface area contributed by atoms with Crippen molar-refractivity contribution in [2.75, 3.05) is 5.73 Å². The molecule has 0 bridgehead atoms. The third-order valence-corrected chi connectivity index (χ3v) is 3.57. The highest BCUT2D eigenvalue weighted by Gasteiger charge is 2.35. The average Bonchev–Trinajstić information content (AvgIpc) is 2.39. The summed E-state index contributed by atoms with van der Waals surface area (Å²) in [5, 5.41) is 0. The van der Waals surface area contributed by atoms with Crippen molar-refractivity contribution in [3.05, 3.63) is 66.9 Å². The van der Waals surface area contributed by atoms with E-state index in [1.807, 2.05) is 31.2 Å². The molecule has 0 heterocycles. The minimum Gasteiger partial charge on any atom is -0.401 e. The third kappa shape index (κ3) is 3.06. The van der Waals surface area contributed by atoms with Crippen LogP contribution in [0.5, 0.6) is 0 Å². The Kier molecular flexibility index (Phi) is 4.95. The third-order valence-electron chi connectivity index (χ3n) is 3.57. The molecule has 3 heteroatoms. The number of anilines is 1. The topological polar surface area (TPSA) is 78.1 Å². The summed E-state index contributed by atoms with van der Waals surface area (Å²) in [6.07, 6.45) is 5.94. The van der Waals surface area contributed by atoms with E-state index in [0.717, 1.165) is 11.3 Å². The Hall–Kier alpha value is -2.00. The van der Waals surface area contributed by atoms with Crippen LogP contribution in [0, 0.1) is 0 Å². The second kappa shape index (κ2) is 6.25. The standard InChI is InChI=1S/C16H23N3/c1-4-6-14(18)16(3,15(19)7-5-2)12-8-10-13(17)11-9-12/h4-6,8-11,15H,1-2,7,17-19H2,3H3/b14-6-. The summed E-state index contributed by atoms with van der Waals surface area (Å²) in [6, 6.07) is 7.47. The Morgan fingerprint density at radius 2 is 1.89 bits per heavy atom. The molecule has 1 aromatic rings. The number of benzene rings is 1. The molecule has 0 saturated carbocycles. The second-order valence-electron chi connectivity index (χ2n) is 4.81. The molecule has 2 unspecified atom stereocenters. The van der Waals surface area contributed by atoms with Crippen molar-refractivity contribution < 1.29 is 0 Å². The van der Waals surface area contributed by atoms with Gasteiger partial charge in [0, 0.05) is 22.8 Å². The lowest BCUT2D eigenvalue weighted by atomic mass is 9.72. The van der Waals surface area contributed by atoms with Crippen molar-refractivity contribution in [3.8, 4) is 0 Å². The summed E-state index contributed by atoms with van der Waals surface area (Å²) in [4.78, 5) is 0. The molecule has 19 heavy (non-hydrogen) atoms. The highest BCUT2D eigenvalue weighted by molar-refractivity contribution is 5.45. The van der Waals surface area contributed by atoms with Gasteiger partial charge in [-0.2, -0.15) is 0 Å². The quantitative estimate of drug-likeness (QED) is 0.416. The van der Waals surface area contributed by atoms with Crippen LogP contribution in [0.3, 0.4) is 0 Å². The van der Waals surface area contributed by atoms with E-state index in [2.05, 4.69) is 13.2 Å². The van der Waals surface area contributed by atoms with Gasteiger partial charge in [0.2, 0.25) is 0 Å². The molecule has 0 aliphatic heterocycles. The molecule has 0 aliphatic carbocycles. The zero-order valence-corrected chi connectivity index (χ0v) is 11.5. The highest BCUT2D eigenvalue weighted by Crippen LogP contribution is 2.34. The average molecular weight is 257 g/mol. The number of nitrogens with two attached hydrogens (primary N) is 3. The summed E-state index contributed by atoms with van der Waals surface area (Å²) in [5.41, 5.74) is 20.2. The monoisotopic (exact) mass is 257 g/mol. The maximum atomic E-state index is 6.31. The van der Waals surface area contributed by atoms with Crippen LogP contribution in [0.1, 0.15) is 18.9 Å². The van der Waals surface area contributed by atoms with Crippen LogP contribution in [-0.2, 0) is 5.41 Å². The summed E-state index contributed by atoms with van der Waals surface area (Å²) in [5.74, 6) is 0. The van der Waals surface area contributed by atoms with Gasteiger partial charge in [0.1, 0.15) is 0 Å². The normalized spacial score (nSPS) is 16.4. The van der Waals surface area contributed by atoms with E-state index in [-0.39, 0.29) is 6.04 Å². The predicted octanol–water partition coefficient (Wildman–Crippen LogP) is 2.46. The molecular formula is C16H23N3. The van der Waals surface area contributed by atoms with Crippen LogP contribution >= 0.6 is 0 Å². The molecule has 0 saturated heterocycles. The highest BCUT2D eigenvalue weighted by atomic mass is 14.8. The smallest absolute Gasteiger partial charge is 0.0473 e. The molecule has 0 amide bonds. The Morgan fingerprint density at radius 1 is 1.32 bits per heavy atom. The van der Waals surface area contributed by atoms with Gasteiger partial charge in [-0.25, -0.2) is 0 Å². The number of hydrogen-bond acceptors (Lipinski definition) is 3. The van der Waals surface area contributed by atoms with Crippen LogP contribution < -0.4 is 17.2 Å². The maximum Gasteiger partial charge on any atom is 0.0473 e. The van der Waals surface area contributed by atoms with Crippen LogP contribution in [0.15, 0.2) is 61.3 Å². The first-order valence-electron chi connectivity index (χ1n) is 6.28. The number of rotatable bonds is 6. The maximum absolute atomic E-state index is 6.31. The van der Waals surface area contributed by atoms with Gasteiger partial charge in [0.25, 0.3) is 0 Å². The van der Waals surface area contributed by atoms with Crippen molar-refractivity contribution in [3.63, 3.8) is 0 Å². The SMILES string of the molecule is C=C/C=C(\N)C(C)(c1ccc(N)cc1)C(N)CC=C. The van der Waals surface area contributed by atoms with Crippen molar-refractivity contribution in [1.29, 1.82) is 0 Å². The van der Waals surface area contributed by atoms with E-state index in [0.29, 0.717) is 12.1 Å². The van der Waals surface area contributed by atoms with E-state index in [9.17, 15) is 0 Å². The number of nitrogen functional groups attached to an aromatic ring is 1. The fraction of sp³-hybridized carbons (Fsp3) is 0.250. The minimum atomic E-state index is -0.476. The van der Waals surface area contributed by atoms with Crippen molar-refractivity contribution >= 4 is 5.69 Å². The number of allylic oxidation sites excluding steroid dienone is 2. The predicted molar refractivity (Wildman–Crippen MR) is 83.5 cm³/mol. The molecule has 0 radical (unpaired) electrons. The Balaban J connectivity index is 3.33. The van der Waals surface area contributed by atoms with Crippen molar-refractivity contribution in [1.82, 2.24) is 0 Å². The van der Waals surface area contributed by atoms with Gasteiger partial charge in [-0.15, -0.1) is 6.58 Å². The molecule has 1 aromatic carbocycles. The molecule has 3 nitrogen and oxygen atoms in total. The summed E-state index contributed by atoms with van der Waals surface area (Å²) < 4.78 is 0. The first-order valence-corrected chi connectivity index (χ1v) is 6.28. The second-order valence-corrected chi connectivity index (χ2v) is 4.81. The van der Waals surface area contributed by atoms with Crippen LogP contribution in [0.4, 0.5) is 5.69 Å². The van der Waals surface area contributed by atoms with Gasteiger partial charge in [-0.3, -0.25) is 0 Å². The Morgan fingerprint density at radius 3 is 2.37 bits per heavy atom. The van der Waals surface area contributed by atoms with E-state index >= 15 is 0 Å². The Labute approximate surface area is 115 Å². The van der Waals surface area contributed by atoms with Gasteiger partial charge in [0.15, 0.2) is 0 Å². The molecular weight excluding hydrogens is 234 g/mol. The van der Waals surface area contributed by atoms with Crippen LogP contribution in [-0.4, -0.2) is 6.04 Å². The largest absolute Gasteiger partial charge is 0.401 e. The molecule has 1 rings (SSSR count). The zero-order chi connectivity index (χ0) is 14.5. The van der Waals surface area contributed by atoms with Gasteiger partial charge < -0.3 is 17.2 Å². The van der Waals surface area contributed by atoms with Crippen LogP contribution in [0.2, 0.25) is 0 Å². The lowest BCUT2D eigenvalue weighted by Crippen LogP contribution is -2.46. The molecule has 0 aromatic heterocycles. The first kappa shape index (κ1) is 15.1. The molecule has 0 fully saturated rings. The molecule has 102 valence electrons. The zero-order valence-electron chi connectivity index (χ0n) is 11.5. The van der Waals surface area contributed by atoms with Crippen molar-refractivity contribution in [2.45, 2.75) is 24.8 Å². The minimum absolute atomic E-state index is 0.162. The van der Waals surface area contributed by atoms with E-state index in [1.165, 1.54) is 0 Å². The van der Waals surface area contributed by atoms with Gasteiger partial charge in [0.05, 0.1) is 0 Å². The van der Waals surface area contributed by atoms with Gasteiger partial charge in [-0.05, 0) is 37.1 Å². The van der Waals surface area contributed by atoms with Gasteiger partial charge in [-0.1, -0.05) is 30.9 Å². The molecule has 2 atom stereocenters.